The first-order valence-electron chi connectivity index (χ1n) is 12.0. The monoisotopic (exact) mass is 529 g/mol. The molecule has 0 spiro atoms. The van der Waals surface area contributed by atoms with Gasteiger partial charge < -0.3 is 25.0 Å². The summed E-state index contributed by atoms with van der Waals surface area (Å²) in [6, 6.07) is 10.4. The number of aliphatic hydroxyl groups is 1. The van der Waals surface area contributed by atoms with Crippen LogP contribution in [0, 0.1) is 11.7 Å². The van der Waals surface area contributed by atoms with Gasteiger partial charge in [0.15, 0.2) is 18.7 Å². The number of hydrogen-bond acceptors (Lipinski definition) is 7. The van der Waals surface area contributed by atoms with Gasteiger partial charge in [-0.1, -0.05) is 11.6 Å². The lowest BCUT2D eigenvalue weighted by molar-refractivity contribution is -0.134. The van der Waals surface area contributed by atoms with E-state index in [4.69, 9.17) is 16.3 Å². The molecule has 0 radical (unpaired) electrons. The molecule has 0 bridgehead atoms. The number of aromatic nitrogens is 2. The molecule has 4 rings (SSSR count). The molecule has 1 atom stereocenters. The Balaban J connectivity index is 1.25. The summed E-state index contributed by atoms with van der Waals surface area (Å²) in [5, 5.41) is 16.6. The van der Waals surface area contributed by atoms with Crippen LogP contribution in [0.5, 0.6) is 5.75 Å². The molecule has 1 amide bonds. The number of nitrogens with zero attached hydrogens (tertiary/aromatic N) is 2. The minimum Gasteiger partial charge on any atom is -0.482 e. The molecule has 1 aliphatic heterocycles. The Kier molecular flexibility index (Phi) is 9.10. The summed E-state index contributed by atoms with van der Waals surface area (Å²) in [5.74, 6) is -0.450. The van der Waals surface area contributed by atoms with Crippen LogP contribution < -0.4 is 15.4 Å². The third kappa shape index (κ3) is 7.51. The summed E-state index contributed by atoms with van der Waals surface area (Å²) in [6.07, 6.45) is 3.96. The number of anilines is 1. The number of aromatic amines is 1. The Hall–Kier alpha value is -3.47. The minimum atomic E-state index is -1.07. The van der Waals surface area contributed by atoms with E-state index in [1.165, 1.54) is 24.3 Å². The summed E-state index contributed by atoms with van der Waals surface area (Å²) in [6.45, 7) is 1.16. The summed E-state index contributed by atoms with van der Waals surface area (Å²) in [7, 11) is 0. The number of aliphatic hydroxyl groups excluding tert-OH is 1. The number of benzene rings is 2. The van der Waals surface area contributed by atoms with Gasteiger partial charge in [-0.3, -0.25) is 14.9 Å². The van der Waals surface area contributed by atoms with E-state index in [9.17, 15) is 19.1 Å². The lowest BCUT2D eigenvalue weighted by Gasteiger charge is -2.31. The van der Waals surface area contributed by atoms with Crippen molar-refractivity contribution in [3.05, 3.63) is 77.1 Å². The molecule has 11 heteroatoms. The molecular weight excluding hydrogens is 501 g/mol. The summed E-state index contributed by atoms with van der Waals surface area (Å²) < 4.78 is 18.9. The molecule has 1 saturated heterocycles. The molecule has 1 unspecified atom stereocenters. The van der Waals surface area contributed by atoms with Crippen molar-refractivity contribution in [1.29, 1.82) is 0 Å². The number of rotatable bonds is 11. The molecule has 2 aromatic carbocycles. The number of imidazole rings is 1. The van der Waals surface area contributed by atoms with Gasteiger partial charge in [0, 0.05) is 54.4 Å². The van der Waals surface area contributed by atoms with Gasteiger partial charge in [0.2, 0.25) is 0 Å². The van der Waals surface area contributed by atoms with E-state index in [0.29, 0.717) is 60.9 Å². The molecule has 1 fully saturated rings. The number of piperidine rings is 1. The lowest BCUT2D eigenvalue weighted by atomic mass is 9.89. The first kappa shape index (κ1) is 26.6. The zero-order valence-corrected chi connectivity index (χ0v) is 20.9. The number of Topliss-reactive ketones (excluding diaryl/α,β-unsaturated/α-hetero) is 1. The van der Waals surface area contributed by atoms with Gasteiger partial charge in [-0.15, -0.1) is 0 Å². The van der Waals surface area contributed by atoms with Crippen molar-refractivity contribution < 1.29 is 23.8 Å². The van der Waals surface area contributed by atoms with Gasteiger partial charge in [-0.2, -0.15) is 0 Å². The van der Waals surface area contributed by atoms with Crippen LogP contribution in [0.1, 0.15) is 28.9 Å². The molecule has 9 nitrogen and oxygen atoms in total. The maximum atomic E-state index is 13.1. The summed E-state index contributed by atoms with van der Waals surface area (Å²) in [4.78, 5) is 34.1. The zero-order valence-electron chi connectivity index (χ0n) is 20.1. The number of likely N-dealkylation sites (tertiary alicyclic amines) is 1. The Bertz CT molecular complexity index is 1180. The van der Waals surface area contributed by atoms with Crippen LogP contribution in [0.15, 0.2) is 55.0 Å². The standard InChI is InChI=1S/C26H29ClFN5O4/c27-19-3-6-23(22(13-19)32-26(36)30-10-7-21-14-29-16-31-21)37-15-24(34)33-11-8-18(9-12-33)25(35)17-1-4-20(28)5-2-17/h1-6,13-14,16,18,26,30,32,36H,7-12,15H2,(H,29,31). The fourth-order valence-corrected chi connectivity index (χ4v) is 4.35. The molecular formula is C26H29ClFN5O4. The van der Waals surface area contributed by atoms with Crippen LogP contribution in [0.3, 0.4) is 0 Å². The molecule has 0 aliphatic carbocycles. The number of nitrogens with one attached hydrogen (secondary N) is 3. The van der Waals surface area contributed by atoms with E-state index in [1.807, 2.05) is 0 Å². The van der Waals surface area contributed by atoms with E-state index in [-0.39, 0.29) is 30.0 Å². The number of carbonyl (C=O) groups excluding carboxylic acids is 2. The minimum absolute atomic E-state index is 0.0306. The van der Waals surface area contributed by atoms with Gasteiger partial charge in [0.1, 0.15) is 11.6 Å². The highest BCUT2D eigenvalue weighted by atomic mass is 35.5. The van der Waals surface area contributed by atoms with Gasteiger partial charge in [-0.25, -0.2) is 9.37 Å². The fourth-order valence-electron chi connectivity index (χ4n) is 4.18. The Morgan fingerprint density at radius 3 is 2.68 bits per heavy atom. The third-order valence-corrected chi connectivity index (χ3v) is 6.45. The number of ketones is 1. The van der Waals surface area contributed by atoms with E-state index in [1.54, 1.807) is 35.6 Å². The average Bonchev–Trinajstić information content (AvgIpc) is 3.42. The summed E-state index contributed by atoms with van der Waals surface area (Å²) >= 11 is 6.12. The highest BCUT2D eigenvalue weighted by Gasteiger charge is 2.28. The Morgan fingerprint density at radius 1 is 1.22 bits per heavy atom. The van der Waals surface area contributed by atoms with Crippen LogP contribution in [0.25, 0.3) is 0 Å². The van der Waals surface area contributed by atoms with Crippen molar-refractivity contribution in [2.45, 2.75) is 25.6 Å². The maximum Gasteiger partial charge on any atom is 0.260 e. The quantitative estimate of drug-likeness (QED) is 0.222. The van der Waals surface area contributed by atoms with Crippen LogP contribution in [-0.2, 0) is 11.2 Å². The van der Waals surface area contributed by atoms with Crippen molar-refractivity contribution in [2.24, 2.45) is 5.92 Å². The van der Waals surface area contributed by atoms with Crippen molar-refractivity contribution >= 4 is 29.0 Å². The van der Waals surface area contributed by atoms with Gasteiger partial charge in [-0.05, 0) is 55.3 Å². The van der Waals surface area contributed by atoms with E-state index in [2.05, 4.69) is 20.6 Å². The highest BCUT2D eigenvalue weighted by Crippen LogP contribution is 2.29. The van der Waals surface area contributed by atoms with Crippen LogP contribution in [0.4, 0.5) is 10.1 Å². The number of ether oxygens (including phenoxy) is 1. The Morgan fingerprint density at radius 2 is 1.97 bits per heavy atom. The zero-order chi connectivity index (χ0) is 26.2. The van der Waals surface area contributed by atoms with Gasteiger partial charge in [0.05, 0.1) is 12.0 Å². The number of carbonyl (C=O) groups is 2. The predicted molar refractivity (Wildman–Crippen MR) is 137 cm³/mol. The molecule has 2 heterocycles. The molecule has 0 saturated carbocycles. The first-order chi connectivity index (χ1) is 17.9. The SMILES string of the molecule is O=C(c1ccc(F)cc1)C1CCN(C(=O)COc2ccc(Cl)cc2NC(O)NCCc2cnc[nH]2)CC1. The second-order valence-electron chi connectivity index (χ2n) is 8.78. The number of hydrogen-bond donors (Lipinski definition) is 4. The maximum absolute atomic E-state index is 13.1. The van der Waals surface area contributed by atoms with Crippen LogP contribution in [-0.4, -0.2) is 64.3 Å². The lowest BCUT2D eigenvalue weighted by Crippen LogP contribution is -2.42. The second-order valence-corrected chi connectivity index (χ2v) is 9.22. The Labute approximate surface area is 219 Å². The van der Waals surface area contributed by atoms with Crippen molar-refractivity contribution in [1.82, 2.24) is 20.2 Å². The summed E-state index contributed by atoms with van der Waals surface area (Å²) in [5.41, 5.74) is 1.86. The number of H-pyrrole nitrogens is 1. The molecule has 196 valence electrons. The smallest absolute Gasteiger partial charge is 0.260 e. The topological polar surface area (TPSA) is 120 Å². The third-order valence-electron chi connectivity index (χ3n) is 6.22. The fraction of sp³-hybridized carbons (Fsp3) is 0.346. The average molecular weight is 530 g/mol. The predicted octanol–water partition coefficient (Wildman–Crippen LogP) is 3.22. The largest absolute Gasteiger partial charge is 0.482 e. The molecule has 37 heavy (non-hydrogen) atoms. The van der Waals surface area contributed by atoms with Crippen molar-refractivity contribution in [3.63, 3.8) is 0 Å². The van der Waals surface area contributed by atoms with Crippen molar-refractivity contribution in [2.75, 3.05) is 31.6 Å². The normalized spacial score (nSPS) is 14.8. The molecule has 4 N–H and O–H groups in total. The molecule has 1 aliphatic rings. The van der Waals surface area contributed by atoms with E-state index >= 15 is 0 Å². The first-order valence-corrected chi connectivity index (χ1v) is 12.4. The van der Waals surface area contributed by atoms with Crippen LogP contribution in [0.2, 0.25) is 5.02 Å². The van der Waals surface area contributed by atoms with E-state index < -0.39 is 6.35 Å². The highest BCUT2D eigenvalue weighted by molar-refractivity contribution is 6.30. The molecule has 1 aromatic heterocycles. The number of amides is 1. The second kappa shape index (κ2) is 12.7. The number of halogens is 2. The van der Waals surface area contributed by atoms with Gasteiger partial charge in [0.25, 0.3) is 5.91 Å². The van der Waals surface area contributed by atoms with Gasteiger partial charge >= 0.3 is 0 Å². The van der Waals surface area contributed by atoms with Crippen LogP contribution >= 0.6 is 11.6 Å². The van der Waals surface area contributed by atoms with E-state index in [0.717, 1.165) is 5.69 Å². The van der Waals surface area contributed by atoms with Crippen molar-refractivity contribution in [3.8, 4) is 5.75 Å². The molecule has 3 aromatic rings.